The highest BCUT2D eigenvalue weighted by atomic mass is 32.2. The number of nitriles is 1. The molecule has 0 saturated heterocycles. The molecule has 0 spiro atoms. The lowest BCUT2D eigenvalue weighted by molar-refractivity contribution is 0.386. The van der Waals surface area contributed by atoms with E-state index in [1.165, 1.54) is 23.9 Å². The lowest BCUT2D eigenvalue weighted by atomic mass is 9.99. The van der Waals surface area contributed by atoms with Crippen molar-refractivity contribution in [1.29, 1.82) is 5.26 Å². The molecule has 0 radical (unpaired) electrons. The van der Waals surface area contributed by atoms with Crippen molar-refractivity contribution in [1.82, 2.24) is 5.32 Å². The van der Waals surface area contributed by atoms with Crippen LogP contribution in [0.1, 0.15) is 33.1 Å². The first-order chi connectivity index (χ1) is 9.44. The number of benzene rings is 1. The topological polar surface area (TPSA) is 35.8 Å². The van der Waals surface area contributed by atoms with Gasteiger partial charge < -0.3 is 0 Å². The standard InChI is InChI=1S/C15H18F2N2S/c1-10(2)19-15(9-18)6-5-12(8-15)20-14-4-3-11(16)7-13(14)17/h3-4,7,10,12,19H,5-6,8H2,1-2H3. The molecule has 1 aromatic carbocycles. The van der Waals surface area contributed by atoms with Gasteiger partial charge in [-0.2, -0.15) is 5.26 Å². The fraction of sp³-hybridized carbons (Fsp3) is 0.533. The van der Waals surface area contributed by atoms with Crippen LogP contribution >= 0.6 is 11.8 Å². The minimum Gasteiger partial charge on any atom is -0.297 e. The van der Waals surface area contributed by atoms with Crippen LogP contribution in [0.2, 0.25) is 0 Å². The second-order valence-corrected chi connectivity index (χ2v) is 6.89. The Kier molecular flexibility index (Phi) is 4.66. The van der Waals surface area contributed by atoms with E-state index in [9.17, 15) is 14.0 Å². The summed E-state index contributed by atoms with van der Waals surface area (Å²) >= 11 is 1.40. The minimum atomic E-state index is -0.564. The SMILES string of the molecule is CC(C)NC1(C#N)CCC(Sc2ccc(F)cc2F)C1. The molecule has 1 aromatic rings. The lowest BCUT2D eigenvalue weighted by Crippen LogP contribution is -2.45. The Hall–Kier alpha value is -1.12. The van der Waals surface area contributed by atoms with E-state index < -0.39 is 17.2 Å². The average Bonchev–Trinajstić information content (AvgIpc) is 2.76. The van der Waals surface area contributed by atoms with Gasteiger partial charge in [0.1, 0.15) is 17.2 Å². The first-order valence-electron chi connectivity index (χ1n) is 6.75. The van der Waals surface area contributed by atoms with Crippen LogP contribution in [0.25, 0.3) is 0 Å². The molecule has 0 aliphatic heterocycles. The molecular weight excluding hydrogens is 278 g/mol. The molecule has 2 unspecified atom stereocenters. The number of nitrogens with one attached hydrogen (secondary N) is 1. The largest absolute Gasteiger partial charge is 0.297 e. The van der Waals surface area contributed by atoms with Crippen LogP contribution in [0.3, 0.4) is 0 Å². The van der Waals surface area contributed by atoms with Crippen LogP contribution < -0.4 is 5.32 Å². The van der Waals surface area contributed by atoms with Crippen molar-refractivity contribution in [3.8, 4) is 6.07 Å². The van der Waals surface area contributed by atoms with Crippen molar-refractivity contribution >= 4 is 11.8 Å². The molecule has 0 heterocycles. The van der Waals surface area contributed by atoms with Crippen LogP contribution in [-0.2, 0) is 0 Å². The fourth-order valence-corrected chi connectivity index (χ4v) is 3.95. The van der Waals surface area contributed by atoms with Gasteiger partial charge in [0.25, 0.3) is 0 Å². The van der Waals surface area contributed by atoms with Gasteiger partial charge >= 0.3 is 0 Å². The van der Waals surface area contributed by atoms with Crippen molar-refractivity contribution in [2.45, 2.75) is 54.8 Å². The third-order valence-electron chi connectivity index (χ3n) is 3.44. The maximum Gasteiger partial charge on any atom is 0.139 e. The van der Waals surface area contributed by atoms with Crippen LogP contribution in [-0.4, -0.2) is 16.8 Å². The molecule has 20 heavy (non-hydrogen) atoms. The van der Waals surface area contributed by atoms with Crippen molar-refractivity contribution in [2.75, 3.05) is 0 Å². The summed E-state index contributed by atoms with van der Waals surface area (Å²) in [6.07, 6.45) is 2.31. The Labute approximate surface area is 122 Å². The zero-order valence-corrected chi connectivity index (χ0v) is 12.4. The van der Waals surface area contributed by atoms with E-state index in [1.807, 2.05) is 13.8 Å². The maximum atomic E-state index is 13.6. The molecule has 2 rings (SSSR count). The first kappa shape index (κ1) is 15.3. The van der Waals surface area contributed by atoms with Crippen molar-refractivity contribution in [2.24, 2.45) is 0 Å². The van der Waals surface area contributed by atoms with Crippen LogP contribution in [0.5, 0.6) is 0 Å². The Morgan fingerprint density at radius 2 is 2.20 bits per heavy atom. The number of hydrogen-bond donors (Lipinski definition) is 1. The van der Waals surface area contributed by atoms with Gasteiger partial charge in [-0.25, -0.2) is 8.78 Å². The normalized spacial score (nSPS) is 25.9. The molecule has 1 fully saturated rings. The van der Waals surface area contributed by atoms with Gasteiger partial charge in [0, 0.05) is 22.3 Å². The van der Waals surface area contributed by atoms with Crippen LogP contribution in [0.15, 0.2) is 23.1 Å². The highest BCUT2D eigenvalue weighted by Gasteiger charge is 2.40. The maximum absolute atomic E-state index is 13.6. The lowest BCUT2D eigenvalue weighted by Gasteiger charge is -2.25. The molecule has 1 N–H and O–H groups in total. The third kappa shape index (κ3) is 3.50. The van der Waals surface area contributed by atoms with E-state index in [0.29, 0.717) is 11.3 Å². The van der Waals surface area contributed by atoms with Gasteiger partial charge in [-0.1, -0.05) is 0 Å². The second-order valence-electron chi connectivity index (χ2n) is 5.55. The van der Waals surface area contributed by atoms with Crippen LogP contribution in [0, 0.1) is 23.0 Å². The highest BCUT2D eigenvalue weighted by molar-refractivity contribution is 8.00. The summed E-state index contributed by atoms with van der Waals surface area (Å²) in [6.45, 7) is 4.03. The predicted molar refractivity (Wildman–Crippen MR) is 76.5 cm³/mol. The Bertz CT molecular complexity index is 527. The van der Waals surface area contributed by atoms with Crippen molar-refractivity contribution < 1.29 is 8.78 Å². The number of nitrogens with zero attached hydrogens (tertiary/aromatic N) is 1. The molecule has 108 valence electrons. The summed E-state index contributed by atoms with van der Waals surface area (Å²) in [6, 6.07) is 6.25. The van der Waals surface area contributed by atoms with Crippen molar-refractivity contribution in [3.05, 3.63) is 29.8 Å². The van der Waals surface area contributed by atoms with E-state index in [-0.39, 0.29) is 11.3 Å². The van der Waals surface area contributed by atoms with Gasteiger partial charge in [0.15, 0.2) is 0 Å². The second kappa shape index (κ2) is 6.11. The van der Waals surface area contributed by atoms with E-state index in [1.54, 1.807) is 0 Å². The Morgan fingerprint density at radius 3 is 2.80 bits per heavy atom. The van der Waals surface area contributed by atoms with Gasteiger partial charge in [-0.3, -0.25) is 5.32 Å². The third-order valence-corrected chi connectivity index (χ3v) is 4.76. The van der Waals surface area contributed by atoms with E-state index in [4.69, 9.17) is 0 Å². The Morgan fingerprint density at radius 1 is 1.45 bits per heavy atom. The number of halogens is 2. The summed E-state index contributed by atoms with van der Waals surface area (Å²) in [5.41, 5.74) is -0.512. The van der Waals surface area contributed by atoms with Crippen molar-refractivity contribution in [3.63, 3.8) is 0 Å². The summed E-state index contributed by atoms with van der Waals surface area (Å²) in [7, 11) is 0. The van der Waals surface area contributed by atoms with Gasteiger partial charge in [-0.15, -0.1) is 11.8 Å². The fourth-order valence-electron chi connectivity index (χ4n) is 2.67. The molecule has 5 heteroatoms. The minimum absolute atomic E-state index is 0.181. The summed E-state index contributed by atoms with van der Waals surface area (Å²) in [5, 5.41) is 12.9. The molecular formula is C15H18F2N2S. The molecule has 2 atom stereocenters. The molecule has 0 aromatic heterocycles. The highest BCUT2D eigenvalue weighted by Crippen LogP contribution is 2.41. The van der Waals surface area contributed by atoms with E-state index in [0.717, 1.165) is 18.9 Å². The van der Waals surface area contributed by atoms with E-state index in [2.05, 4.69) is 11.4 Å². The average molecular weight is 296 g/mol. The van der Waals surface area contributed by atoms with E-state index >= 15 is 0 Å². The molecule has 0 amide bonds. The number of rotatable bonds is 4. The quantitative estimate of drug-likeness (QED) is 0.916. The number of thioether (sulfide) groups is 1. The molecule has 1 aliphatic rings. The Balaban J connectivity index is 2.04. The monoisotopic (exact) mass is 296 g/mol. The zero-order chi connectivity index (χ0) is 14.8. The van der Waals surface area contributed by atoms with Gasteiger partial charge in [-0.05, 0) is 45.2 Å². The first-order valence-corrected chi connectivity index (χ1v) is 7.63. The van der Waals surface area contributed by atoms with Gasteiger partial charge in [0.2, 0.25) is 0 Å². The molecule has 2 nitrogen and oxygen atoms in total. The predicted octanol–water partition coefficient (Wildman–Crippen LogP) is 3.87. The molecule has 1 saturated carbocycles. The van der Waals surface area contributed by atoms with Crippen LogP contribution in [0.4, 0.5) is 8.78 Å². The number of hydrogen-bond acceptors (Lipinski definition) is 3. The van der Waals surface area contributed by atoms with Gasteiger partial charge in [0.05, 0.1) is 6.07 Å². The summed E-state index contributed by atoms with van der Waals surface area (Å²) in [5.74, 6) is -1.09. The summed E-state index contributed by atoms with van der Waals surface area (Å²) < 4.78 is 26.5. The molecule has 0 bridgehead atoms. The smallest absolute Gasteiger partial charge is 0.139 e. The zero-order valence-electron chi connectivity index (χ0n) is 11.6. The molecule has 1 aliphatic carbocycles. The summed E-state index contributed by atoms with van der Waals surface area (Å²) in [4.78, 5) is 0.453.